The van der Waals surface area contributed by atoms with E-state index in [1.807, 2.05) is 0 Å². The zero-order valence-electron chi connectivity index (χ0n) is 11.8. The molecule has 0 bridgehead atoms. The van der Waals surface area contributed by atoms with Gasteiger partial charge in [0.15, 0.2) is 6.04 Å². The van der Waals surface area contributed by atoms with Crippen LogP contribution >= 0.6 is 11.3 Å². The maximum atomic E-state index is 12.3. The second-order valence-electron chi connectivity index (χ2n) is 4.71. The normalized spacial score (nSPS) is 11.8. The molecule has 3 rings (SSSR count). The lowest BCUT2D eigenvalue weighted by Crippen LogP contribution is -2.33. The predicted molar refractivity (Wildman–Crippen MR) is 84.1 cm³/mol. The van der Waals surface area contributed by atoms with E-state index in [0.717, 1.165) is 5.56 Å². The summed E-state index contributed by atoms with van der Waals surface area (Å²) < 4.78 is 4.98. The standard InChI is InChI=1S/C16H12N2O4S/c19-14(12-9-23-15(17-12)11-6-7-22-8-11)18-13(16(20)21)10-4-2-1-3-5-10/h1-9,13H,(H,18,19)(H,20,21)/t13-/m1/s1. The van der Waals surface area contributed by atoms with Crippen molar-refractivity contribution in [1.82, 2.24) is 10.3 Å². The van der Waals surface area contributed by atoms with Crippen LogP contribution in [0.1, 0.15) is 22.1 Å². The number of hydrogen-bond donors (Lipinski definition) is 2. The smallest absolute Gasteiger partial charge is 0.330 e. The summed E-state index contributed by atoms with van der Waals surface area (Å²) in [5.41, 5.74) is 1.44. The zero-order valence-corrected chi connectivity index (χ0v) is 12.6. The van der Waals surface area contributed by atoms with Crippen LogP contribution in [0.3, 0.4) is 0 Å². The molecule has 0 aliphatic carbocycles. The van der Waals surface area contributed by atoms with E-state index in [0.29, 0.717) is 10.6 Å². The maximum Gasteiger partial charge on any atom is 0.330 e. The number of carboxylic acids is 1. The van der Waals surface area contributed by atoms with E-state index >= 15 is 0 Å². The average molecular weight is 328 g/mol. The molecule has 2 heterocycles. The Morgan fingerprint density at radius 2 is 2.00 bits per heavy atom. The van der Waals surface area contributed by atoms with Crippen molar-refractivity contribution in [3.8, 4) is 10.6 Å². The molecule has 1 aromatic carbocycles. The summed E-state index contributed by atoms with van der Waals surface area (Å²) in [6.07, 6.45) is 3.05. The molecule has 0 radical (unpaired) electrons. The molecule has 1 atom stereocenters. The Balaban J connectivity index is 1.79. The predicted octanol–water partition coefficient (Wildman–Crippen LogP) is 2.96. The molecule has 2 N–H and O–H groups in total. The molecule has 0 aliphatic heterocycles. The summed E-state index contributed by atoms with van der Waals surface area (Å²) in [5, 5.41) is 14.0. The van der Waals surface area contributed by atoms with Crippen molar-refractivity contribution < 1.29 is 19.1 Å². The lowest BCUT2D eigenvalue weighted by molar-refractivity contribution is -0.139. The summed E-state index contributed by atoms with van der Waals surface area (Å²) in [4.78, 5) is 27.9. The van der Waals surface area contributed by atoms with Crippen LogP contribution in [0.2, 0.25) is 0 Å². The van der Waals surface area contributed by atoms with Crippen molar-refractivity contribution in [2.24, 2.45) is 0 Å². The van der Waals surface area contributed by atoms with Gasteiger partial charge in [-0.15, -0.1) is 11.3 Å². The number of nitrogens with one attached hydrogen (secondary N) is 1. The molecular formula is C16H12N2O4S. The molecule has 2 aromatic heterocycles. The van der Waals surface area contributed by atoms with Gasteiger partial charge in [-0.1, -0.05) is 30.3 Å². The first-order valence-electron chi connectivity index (χ1n) is 6.72. The molecule has 3 aromatic rings. The number of amides is 1. The Bertz CT molecular complexity index is 812. The molecule has 0 aliphatic rings. The van der Waals surface area contributed by atoms with Gasteiger partial charge in [-0.2, -0.15) is 0 Å². The Kier molecular flexibility index (Phi) is 4.20. The van der Waals surface area contributed by atoms with Crippen molar-refractivity contribution in [3.63, 3.8) is 0 Å². The Hall–Kier alpha value is -2.93. The van der Waals surface area contributed by atoms with Gasteiger partial charge >= 0.3 is 5.97 Å². The van der Waals surface area contributed by atoms with Gasteiger partial charge in [0.05, 0.1) is 6.26 Å². The third kappa shape index (κ3) is 3.29. The number of benzene rings is 1. The highest BCUT2D eigenvalue weighted by molar-refractivity contribution is 7.13. The summed E-state index contributed by atoms with van der Waals surface area (Å²) in [5.74, 6) is -1.66. The third-order valence-electron chi connectivity index (χ3n) is 3.16. The highest BCUT2D eigenvalue weighted by Crippen LogP contribution is 2.24. The molecule has 0 saturated heterocycles. The second kappa shape index (κ2) is 6.45. The van der Waals surface area contributed by atoms with E-state index in [2.05, 4.69) is 10.3 Å². The highest BCUT2D eigenvalue weighted by atomic mass is 32.1. The number of thiazole rings is 1. The van der Waals surface area contributed by atoms with Gasteiger partial charge in [0.2, 0.25) is 0 Å². The number of carboxylic acid groups (broad SMARTS) is 1. The van der Waals surface area contributed by atoms with Gasteiger partial charge in [0.1, 0.15) is 17.0 Å². The van der Waals surface area contributed by atoms with Crippen molar-refractivity contribution in [2.45, 2.75) is 6.04 Å². The van der Waals surface area contributed by atoms with Gasteiger partial charge in [0.25, 0.3) is 5.91 Å². The fraction of sp³-hybridized carbons (Fsp3) is 0.0625. The number of carbonyl (C=O) groups excluding carboxylic acids is 1. The van der Waals surface area contributed by atoms with E-state index < -0.39 is 17.9 Å². The molecule has 0 unspecified atom stereocenters. The average Bonchev–Trinajstić information content (AvgIpc) is 3.23. The highest BCUT2D eigenvalue weighted by Gasteiger charge is 2.23. The topological polar surface area (TPSA) is 92.4 Å². The fourth-order valence-electron chi connectivity index (χ4n) is 2.03. The Morgan fingerprint density at radius 3 is 2.65 bits per heavy atom. The molecule has 6 nitrogen and oxygen atoms in total. The van der Waals surface area contributed by atoms with Crippen LogP contribution in [-0.2, 0) is 4.79 Å². The number of nitrogens with zero attached hydrogens (tertiary/aromatic N) is 1. The molecule has 116 valence electrons. The summed E-state index contributed by atoms with van der Waals surface area (Å²) in [6.45, 7) is 0. The fourth-order valence-corrected chi connectivity index (χ4v) is 2.82. The minimum atomic E-state index is -1.13. The lowest BCUT2D eigenvalue weighted by Gasteiger charge is -2.13. The third-order valence-corrected chi connectivity index (χ3v) is 4.05. The number of furan rings is 1. The van der Waals surface area contributed by atoms with Crippen LogP contribution < -0.4 is 5.32 Å². The zero-order chi connectivity index (χ0) is 16.2. The van der Waals surface area contributed by atoms with E-state index in [9.17, 15) is 14.7 Å². The monoisotopic (exact) mass is 328 g/mol. The van der Waals surface area contributed by atoms with Gasteiger partial charge in [0, 0.05) is 10.9 Å². The molecule has 1 amide bonds. The first kappa shape index (κ1) is 15.0. The van der Waals surface area contributed by atoms with Crippen LogP contribution in [0, 0.1) is 0 Å². The van der Waals surface area contributed by atoms with Crippen molar-refractivity contribution >= 4 is 23.2 Å². The van der Waals surface area contributed by atoms with Crippen LogP contribution in [0.5, 0.6) is 0 Å². The van der Waals surface area contributed by atoms with Gasteiger partial charge < -0.3 is 14.8 Å². The first-order valence-corrected chi connectivity index (χ1v) is 7.60. The molecule has 0 spiro atoms. The van der Waals surface area contributed by atoms with E-state index in [4.69, 9.17) is 4.42 Å². The number of carbonyl (C=O) groups is 2. The lowest BCUT2D eigenvalue weighted by atomic mass is 10.1. The van der Waals surface area contributed by atoms with Crippen molar-refractivity contribution in [3.05, 3.63) is 65.6 Å². The molecule has 7 heteroatoms. The maximum absolute atomic E-state index is 12.3. The quantitative estimate of drug-likeness (QED) is 0.751. The summed E-state index contributed by atoms with van der Waals surface area (Å²) in [7, 11) is 0. The first-order chi connectivity index (χ1) is 11.1. The SMILES string of the molecule is O=C(N[C@@H](C(=O)O)c1ccccc1)c1csc(-c2ccoc2)n1. The number of hydrogen-bond acceptors (Lipinski definition) is 5. The second-order valence-corrected chi connectivity index (χ2v) is 5.56. The Labute approximate surface area is 135 Å². The minimum Gasteiger partial charge on any atom is -0.479 e. The molecule has 0 fully saturated rings. The van der Waals surface area contributed by atoms with E-state index in [-0.39, 0.29) is 5.69 Å². The summed E-state index contributed by atoms with van der Waals surface area (Å²) in [6, 6.07) is 9.14. The number of rotatable bonds is 5. The van der Waals surface area contributed by atoms with Crippen molar-refractivity contribution in [2.75, 3.05) is 0 Å². The van der Waals surface area contributed by atoms with Crippen molar-refractivity contribution in [1.29, 1.82) is 0 Å². The number of aromatic nitrogens is 1. The van der Waals surface area contributed by atoms with Crippen LogP contribution in [0.25, 0.3) is 10.6 Å². The molecule has 0 saturated carbocycles. The van der Waals surface area contributed by atoms with Gasteiger partial charge in [-0.3, -0.25) is 4.79 Å². The van der Waals surface area contributed by atoms with Crippen LogP contribution in [0.15, 0.2) is 58.7 Å². The minimum absolute atomic E-state index is 0.174. The van der Waals surface area contributed by atoms with Gasteiger partial charge in [-0.05, 0) is 11.6 Å². The largest absolute Gasteiger partial charge is 0.479 e. The van der Waals surface area contributed by atoms with E-state index in [1.54, 1.807) is 41.8 Å². The Morgan fingerprint density at radius 1 is 1.22 bits per heavy atom. The van der Waals surface area contributed by atoms with E-state index in [1.165, 1.54) is 23.9 Å². The van der Waals surface area contributed by atoms with Gasteiger partial charge in [-0.25, -0.2) is 9.78 Å². The summed E-state index contributed by atoms with van der Waals surface area (Å²) >= 11 is 1.29. The van der Waals surface area contributed by atoms with Crippen LogP contribution in [0.4, 0.5) is 0 Å². The van der Waals surface area contributed by atoms with Crippen LogP contribution in [-0.4, -0.2) is 22.0 Å². The molecular weight excluding hydrogens is 316 g/mol. The number of aliphatic carboxylic acids is 1. The molecule has 23 heavy (non-hydrogen) atoms.